The summed E-state index contributed by atoms with van der Waals surface area (Å²) in [5.41, 5.74) is 2.12. The van der Waals surface area contributed by atoms with Crippen LogP contribution in [0.3, 0.4) is 0 Å². The van der Waals surface area contributed by atoms with E-state index in [-0.39, 0.29) is 23.9 Å². The maximum absolute atomic E-state index is 12.8. The number of carbonyl (C=O) groups excluding carboxylic acids is 3. The Balaban J connectivity index is 1.36. The summed E-state index contributed by atoms with van der Waals surface area (Å²) in [5.74, 6) is -0.394. The maximum Gasteiger partial charge on any atom is 0.321 e. The van der Waals surface area contributed by atoms with E-state index in [1.54, 1.807) is 21.9 Å². The molecule has 0 aromatic heterocycles. The molecule has 2 heterocycles. The van der Waals surface area contributed by atoms with Gasteiger partial charge in [-0.05, 0) is 43.2 Å². The molecule has 1 unspecified atom stereocenters. The third-order valence-electron chi connectivity index (χ3n) is 5.39. The van der Waals surface area contributed by atoms with Gasteiger partial charge in [0.25, 0.3) is 0 Å². The topological polar surface area (TPSA) is 93.8 Å². The fourth-order valence-corrected chi connectivity index (χ4v) is 3.81. The monoisotopic (exact) mass is 407 g/mol. The Morgan fingerprint density at radius 2 is 1.77 bits per heavy atom. The van der Waals surface area contributed by atoms with Gasteiger partial charge in [-0.15, -0.1) is 0 Å². The number of urea groups is 2. The Labute approximate surface area is 175 Å². The molecule has 5 amide bonds. The molecule has 2 fully saturated rings. The highest BCUT2D eigenvalue weighted by Gasteiger charge is 2.29. The van der Waals surface area contributed by atoms with E-state index in [2.05, 4.69) is 16.0 Å². The largest absolute Gasteiger partial charge is 0.336 e. The van der Waals surface area contributed by atoms with Crippen LogP contribution in [-0.4, -0.2) is 49.0 Å². The standard InChI is InChI=1S/C22H25N5O3/c28-20(24-18-9-4-10-19(14-18)27-13-11-23-21(27)29)16-6-5-12-26(15-16)22(30)25-17-7-2-1-3-8-17/h1-4,7-10,14,16H,5-6,11-13,15H2,(H,23,29)(H,24,28)(H,25,30). The summed E-state index contributed by atoms with van der Waals surface area (Å²) in [6.07, 6.45) is 1.50. The lowest BCUT2D eigenvalue weighted by molar-refractivity contribution is -0.121. The third kappa shape index (κ3) is 4.53. The van der Waals surface area contributed by atoms with Crippen LogP contribution in [0.1, 0.15) is 12.8 Å². The van der Waals surface area contributed by atoms with Gasteiger partial charge in [0.05, 0.1) is 5.92 Å². The Morgan fingerprint density at radius 3 is 2.53 bits per heavy atom. The Morgan fingerprint density at radius 1 is 0.967 bits per heavy atom. The van der Waals surface area contributed by atoms with Crippen molar-refractivity contribution in [3.63, 3.8) is 0 Å². The highest BCUT2D eigenvalue weighted by Crippen LogP contribution is 2.23. The number of likely N-dealkylation sites (tertiary alicyclic amines) is 1. The SMILES string of the molecule is O=C(Nc1cccc(N2CCNC2=O)c1)C1CCCN(C(=O)Nc2ccccc2)C1. The van der Waals surface area contributed by atoms with Crippen LogP contribution in [0.4, 0.5) is 26.7 Å². The van der Waals surface area contributed by atoms with Crippen LogP contribution >= 0.6 is 0 Å². The Kier molecular flexibility index (Phi) is 5.83. The molecule has 8 heteroatoms. The molecule has 2 aromatic carbocycles. The van der Waals surface area contributed by atoms with Crippen LogP contribution in [0.5, 0.6) is 0 Å². The van der Waals surface area contributed by atoms with Gasteiger partial charge in [0, 0.05) is 43.2 Å². The van der Waals surface area contributed by atoms with Crippen LogP contribution < -0.4 is 20.9 Å². The summed E-state index contributed by atoms with van der Waals surface area (Å²) in [7, 11) is 0. The zero-order valence-corrected chi connectivity index (χ0v) is 16.6. The van der Waals surface area contributed by atoms with Gasteiger partial charge in [-0.2, -0.15) is 0 Å². The molecule has 30 heavy (non-hydrogen) atoms. The minimum Gasteiger partial charge on any atom is -0.336 e. The minimum atomic E-state index is -0.279. The number of benzene rings is 2. The zero-order chi connectivity index (χ0) is 20.9. The number of hydrogen-bond acceptors (Lipinski definition) is 3. The first-order chi connectivity index (χ1) is 14.6. The van der Waals surface area contributed by atoms with E-state index < -0.39 is 0 Å². The van der Waals surface area contributed by atoms with Crippen LogP contribution in [0.2, 0.25) is 0 Å². The zero-order valence-electron chi connectivity index (χ0n) is 16.6. The fourth-order valence-electron chi connectivity index (χ4n) is 3.81. The van der Waals surface area contributed by atoms with E-state index in [9.17, 15) is 14.4 Å². The third-order valence-corrected chi connectivity index (χ3v) is 5.39. The van der Waals surface area contributed by atoms with Crippen molar-refractivity contribution in [3.8, 4) is 0 Å². The Hall–Kier alpha value is -3.55. The van der Waals surface area contributed by atoms with Gasteiger partial charge in [-0.1, -0.05) is 24.3 Å². The first-order valence-corrected chi connectivity index (χ1v) is 10.2. The predicted octanol–water partition coefficient (Wildman–Crippen LogP) is 3.10. The van der Waals surface area contributed by atoms with Gasteiger partial charge < -0.3 is 20.9 Å². The first-order valence-electron chi connectivity index (χ1n) is 10.2. The molecule has 1 atom stereocenters. The molecule has 4 rings (SSSR count). The summed E-state index contributed by atoms with van der Waals surface area (Å²) in [5, 5.41) is 8.59. The van der Waals surface area contributed by atoms with Gasteiger partial charge >= 0.3 is 12.1 Å². The number of para-hydroxylation sites is 1. The molecule has 0 radical (unpaired) electrons. The molecule has 156 valence electrons. The van der Waals surface area contributed by atoms with Gasteiger partial charge in [0.15, 0.2) is 0 Å². The molecule has 2 saturated heterocycles. The molecule has 2 aromatic rings. The summed E-state index contributed by atoms with van der Waals surface area (Å²) >= 11 is 0. The molecule has 0 spiro atoms. The van der Waals surface area contributed by atoms with E-state index in [1.165, 1.54) is 0 Å². The molecule has 2 aliphatic rings. The van der Waals surface area contributed by atoms with Crippen LogP contribution in [0.25, 0.3) is 0 Å². The number of piperidine rings is 1. The normalized spacial score (nSPS) is 18.7. The van der Waals surface area contributed by atoms with Gasteiger partial charge in [-0.3, -0.25) is 9.69 Å². The molecule has 0 saturated carbocycles. The molecule has 0 bridgehead atoms. The number of anilines is 3. The second-order valence-electron chi connectivity index (χ2n) is 7.50. The number of nitrogens with one attached hydrogen (secondary N) is 3. The van der Waals surface area contributed by atoms with Crippen LogP contribution in [0, 0.1) is 5.92 Å². The highest BCUT2D eigenvalue weighted by atomic mass is 16.2. The van der Waals surface area contributed by atoms with Crippen molar-refractivity contribution in [2.45, 2.75) is 12.8 Å². The molecule has 8 nitrogen and oxygen atoms in total. The number of amides is 5. The minimum absolute atomic E-state index is 0.116. The fraction of sp³-hybridized carbons (Fsp3) is 0.318. The first kappa shape index (κ1) is 19.8. The summed E-state index contributed by atoms with van der Waals surface area (Å²) in [6.45, 7) is 2.21. The lowest BCUT2D eigenvalue weighted by atomic mass is 9.97. The smallest absolute Gasteiger partial charge is 0.321 e. The molecular formula is C22H25N5O3. The average molecular weight is 407 g/mol. The van der Waals surface area contributed by atoms with Crippen molar-refractivity contribution in [1.82, 2.24) is 10.2 Å². The second kappa shape index (κ2) is 8.86. The van der Waals surface area contributed by atoms with Crippen molar-refractivity contribution in [1.29, 1.82) is 0 Å². The molecule has 3 N–H and O–H groups in total. The van der Waals surface area contributed by atoms with Gasteiger partial charge in [0.1, 0.15) is 0 Å². The van der Waals surface area contributed by atoms with Gasteiger partial charge in [0.2, 0.25) is 5.91 Å². The predicted molar refractivity (Wildman–Crippen MR) is 116 cm³/mol. The van der Waals surface area contributed by atoms with Crippen molar-refractivity contribution in [2.24, 2.45) is 5.92 Å². The van der Waals surface area contributed by atoms with Crippen molar-refractivity contribution in [3.05, 3.63) is 54.6 Å². The molecular weight excluding hydrogens is 382 g/mol. The van der Waals surface area contributed by atoms with Crippen molar-refractivity contribution in [2.75, 3.05) is 41.7 Å². The number of carbonyl (C=O) groups is 3. The lowest BCUT2D eigenvalue weighted by Gasteiger charge is -2.32. The summed E-state index contributed by atoms with van der Waals surface area (Å²) in [6, 6.07) is 16.2. The second-order valence-corrected chi connectivity index (χ2v) is 7.50. The summed E-state index contributed by atoms with van der Waals surface area (Å²) in [4.78, 5) is 40.6. The molecule has 0 aliphatic carbocycles. The maximum atomic E-state index is 12.8. The van der Waals surface area contributed by atoms with E-state index in [4.69, 9.17) is 0 Å². The van der Waals surface area contributed by atoms with E-state index >= 15 is 0 Å². The number of nitrogens with zero attached hydrogens (tertiary/aromatic N) is 2. The van der Waals surface area contributed by atoms with E-state index in [0.717, 1.165) is 24.2 Å². The van der Waals surface area contributed by atoms with Crippen molar-refractivity contribution < 1.29 is 14.4 Å². The number of hydrogen-bond donors (Lipinski definition) is 3. The van der Waals surface area contributed by atoms with Crippen molar-refractivity contribution >= 4 is 35.0 Å². The van der Waals surface area contributed by atoms with Crippen LogP contribution in [0.15, 0.2) is 54.6 Å². The average Bonchev–Trinajstić information content (AvgIpc) is 3.20. The van der Waals surface area contributed by atoms with E-state index in [0.29, 0.717) is 31.9 Å². The number of rotatable bonds is 4. The molecule has 2 aliphatic heterocycles. The van der Waals surface area contributed by atoms with Gasteiger partial charge in [-0.25, -0.2) is 9.59 Å². The van der Waals surface area contributed by atoms with Crippen LogP contribution in [-0.2, 0) is 4.79 Å². The highest BCUT2D eigenvalue weighted by molar-refractivity contribution is 5.97. The quantitative estimate of drug-likeness (QED) is 0.727. The summed E-state index contributed by atoms with van der Waals surface area (Å²) < 4.78 is 0. The van der Waals surface area contributed by atoms with E-state index in [1.807, 2.05) is 42.5 Å². The lowest BCUT2D eigenvalue weighted by Crippen LogP contribution is -2.45. The Bertz CT molecular complexity index is 933.